The zero-order valence-electron chi connectivity index (χ0n) is 11.3. The molecule has 119 valence electrons. The summed E-state index contributed by atoms with van der Waals surface area (Å²) in [6.07, 6.45) is 7.67. The van der Waals surface area contributed by atoms with Crippen molar-refractivity contribution in [1.29, 1.82) is 0 Å². The summed E-state index contributed by atoms with van der Waals surface area (Å²) < 4.78 is 14.8. The third-order valence-corrected chi connectivity index (χ3v) is 2.48. The SMILES string of the molecule is C1CCOC1.C1CCOC1.C1CCOC1.[Cl-].[Cl-].[Cl-].[V]. The Hall–Kier alpha value is 1.33. The van der Waals surface area contributed by atoms with Crippen molar-refractivity contribution in [2.45, 2.75) is 38.5 Å². The van der Waals surface area contributed by atoms with Gasteiger partial charge in [0, 0.05) is 58.2 Å². The zero-order chi connectivity index (χ0) is 10.6. The van der Waals surface area contributed by atoms with Crippen molar-refractivity contribution >= 4 is 0 Å². The first kappa shape index (κ1) is 28.5. The van der Waals surface area contributed by atoms with Crippen LogP contribution in [-0.2, 0) is 32.8 Å². The van der Waals surface area contributed by atoms with Gasteiger partial charge in [0.05, 0.1) is 0 Å². The van der Waals surface area contributed by atoms with E-state index in [-0.39, 0.29) is 55.8 Å². The summed E-state index contributed by atoms with van der Waals surface area (Å²) in [7, 11) is 0. The molecule has 3 rings (SSSR count). The molecule has 0 bridgehead atoms. The molecule has 0 aliphatic carbocycles. The van der Waals surface area contributed by atoms with Crippen molar-refractivity contribution in [2.75, 3.05) is 39.6 Å². The maximum absolute atomic E-state index is 4.94. The Balaban J connectivity index is -0.0000000804. The number of ether oxygens (including phenoxy) is 3. The molecule has 0 aromatic heterocycles. The van der Waals surface area contributed by atoms with Crippen LogP contribution in [0.4, 0.5) is 0 Å². The van der Waals surface area contributed by atoms with Crippen LogP contribution in [0, 0.1) is 0 Å². The molecule has 0 unspecified atom stereocenters. The fourth-order valence-electron chi connectivity index (χ4n) is 1.53. The maximum Gasteiger partial charge on any atom is 0.0466 e. The fourth-order valence-corrected chi connectivity index (χ4v) is 1.53. The smallest absolute Gasteiger partial charge is 0.0466 e. The molecule has 0 aromatic rings. The summed E-state index contributed by atoms with van der Waals surface area (Å²) in [5.74, 6) is 0. The molecule has 0 atom stereocenters. The van der Waals surface area contributed by atoms with Gasteiger partial charge in [0.1, 0.15) is 0 Å². The predicted octanol–water partition coefficient (Wildman–Crippen LogP) is -6.60. The number of hydrogen-bond donors (Lipinski definition) is 0. The zero-order valence-corrected chi connectivity index (χ0v) is 15.0. The van der Waals surface area contributed by atoms with Gasteiger partial charge in [0.25, 0.3) is 0 Å². The van der Waals surface area contributed by atoms with Gasteiger partial charge in [-0.3, -0.25) is 0 Å². The van der Waals surface area contributed by atoms with Crippen LogP contribution in [0.3, 0.4) is 0 Å². The van der Waals surface area contributed by atoms with E-state index in [0.717, 1.165) is 39.6 Å². The van der Waals surface area contributed by atoms with Crippen LogP contribution >= 0.6 is 0 Å². The normalized spacial score (nSPS) is 18.9. The standard InChI is InChI=1S/3C4H8O.3ClH.V/c3*1-2-4-5-3-1;;;;/h3*1-4H2;3*1H;/p-3. The molecule has 3 heterocycles. The van der Waals surface area contributed by atoms with Crippen molar-refractivity contribution < 1.29 is 70.0 Å². The molecular weight excluding hydrogens is 349 g/mol. The summed E-state index contributed by atoms with van der Waals surface area (Å²) in [5, 5.41) is 0. The summed E-state index contributed by atoms with van der Waals surface area (Å²) in [4.78, 5) is 0. The Kier molecular flexibility index (Phi) is 36.5. The largest absolute Gasteiger partial charge is 1.00 e. The van der Waals surface area contributed by atoms with Crippen LogP contribution in [0.5, 0.6) is 0 Å². The Bertz CT molecular complexity index is 86.8. The molecule has 0 N–H and O–H groups in total. The Labute approximate surface area is 148 Å². The van der Waals surface area contributed by atoms with Crippen molar-refractivity contribution in [1.82, 2.24) is 0 Å². The minimum atomic E-state index is 0. The van der Waals surface area contributed by atoms with E-state index in [1.165, 1.54) is 38.5 Å². The second-order valence-corrected chi connectivity index (χ2v) is 3.96. The molecule has 3 saturated heterocycles. The van der Waals surface area contributed by atoms with E-state index < -0.39 is 0 Å². The Morgan fingerprint density at radius 3 is 0.579 bits per heavy atom. The molecule has 0 saturated carbocycles. The first-order valence-electron chi connectivity index (χ1n) is 6.23. The van der Waals surface area contributed by atoms with Gasteiger partial charge in [-0.2, -0.15) is 0 Å². The van der Waals surface area contributed by atoms with E-state index in [4.69, 9.17) is 14.2 Å². The first-order chi connectivity index (χ1) is 7.50. The van der Waals surface area contributed by atoms with E-state index in [0.29, 0.717) is 0 Å². The van der Waals surface area contributed by atoms with E-state index in [1.807, 2.05) is 0 Å². The van der Waals surface area contributed by atoms with Crippen LogP contribution in [0.25, 0.3) is 0 Å². The Morgan fingerprint density at radius 1 is 0.368 bits per heavy atom. The van der Waals surface area contributed by atoms with Crippen LogP contribution in [0.15, 0.2) is 0 Å². The van der Waals surface area contributed by atoms with Gasteiger partial charge < -0.3 is 51.4 Å². The monoisotopic (exact) mass is 372 g/mol. The van der Waals surface area contributed by atoms with Gasteiger partial charge in [0.15, 0.2) is 0 Å². The topological polar surface area (TPSA) is 27.7 Å². The molecule has 0 aromatic carbocycles. The molecule has 3 fully saturated rings. The van der Waals surface area contributed by atoms with E-state index in [1.54, 1.807) is 0 Å². The molecule has 3 aliphatic heterocycles. The molecule has 0 spiro atoms. The minimum Gasteiger partial charge on any atom is -1.00 e. The van der Waals surface area contributed by atoms with Gasteiger partial charge in [-0.1, -0.05) is 0 Å². The summed E-state index contributed by atoms with van der Waals surface area (Å²) >= 11 is 0. The molecule has 0 amide bonds. The second kappa shape index (κ2) is 24.4. The average molecular weight is 374 g/mol. The van der Waals surface area contributed by atoms with Gasteiger partial charge in [-0.25, -0.2) is 0 Å². The Morgan fingerprint density at radius 2 is 0.526 bits per heavy atom. The van der Waals surface area contributed by atoms with Crippen LogP contribution in [0.1, 0.15) is 38.5 Å². The second-order valence-electron chi connectivity index (χ2n) is 3.96. The molecule has 7 heteroatoms. The minimum absolute atomic E-state index is 0. The predicted molar refractivity (Wildman–Crippen MR) is 60.2 cm³/mol. The quantitative estimate of drug-likeness (QED) is 0.423. The average Bonchev–Trinajstić information content (AvgIpc) is 3.09. The van der Waals surface area contributed by atoms with Crippen molar-refractivity contribution in [3.05, 3.63) is 0 Å². The van der Waals surface area contributed by atoms with Crippen molar-refractivity contribution in [3.8, 4) is 0 Å². The fraction of sp³-hybridized carbons (Fsp3) is 1.00. The molecule has 3 aliphatic rings. The summed E-state index contributed by atoms with van der Waals surface area (Å²) in [6.45, 7) is 6.00. The van der Waals surface area contributed by atoms with E-state index in [9.17, 15) is 0 Å². The third kappa shape index (κ3) is 21.8. The molecular formula is C12H24Cl3O3V-3. The van der Waals surface area contributed by atoms with Crippen LogP contribution in [-0.4, -0.2) is 39.6 Å². The molecule has 19 heavy (non-hydrogen) atoms. The number of halogens is 3. The summed E-state index contributed by atoms with van der Waals surface area (Å²) in [6, 6.07) is 0. The summed E-state index contributed by atoms with van der Waals surface area (Å²) in [5.41, 5.74) is 0. The maximum atomic E-state index is 4.94. The first-order valence-corrected chi connectivity index (χ1v) is 6.23. The van der Waals surface area contributed by atoms with E-state index >= 15 is 0 Å². The molecule has 1 radical (unpaired) electrons. The van der Waals surface area contributed by atoms with Crippen molar-refractivity contribution in [3.63, 3.8) is 0 Å². The third-order valence-electron chi connectivity index (χ3n) is 2.48. The van der Waals surface area contributed by atoms with E-state index in [2.05, 4.69) is 0 Å². The number of rotatable bonds is 0. The van der Waals surface area contributed by atoms with Crippen LogP contribution in [0.2, 0.25) is 0 Å². The van der Waals surface area contributed by atoms with Gasteiger partial charge in [-0.15, -0.1) is 0 Å². The van der Waals surface area contributed by atoms with Crippen molar-refractivity contribution in [2.24, 2.45) is 0 Å². The van der Waals surface area contributed by atoms with Gasteiger partial charge >= 0.3 is 0 Å². The molecule has 3 nitrogen and oxygen atoms in total. The van der Waals surface area contributed by atoms with Gasteiger partial charge in [0.2, 0.25) is 0 Å². The van der Waals surface area contributed by atoms with Crippen LogP contribution < -0.4 is 37.2 Å². The number of hydrogen-bond acceptors (Lipinski definition) is 3. The van der Waals surface area contributed by atoms with Gasteiger partial charge in [-0.05, 0) is 38.5 Å².